The summed E-state index contributed by atoms with van der Waals surface area (Å²) in [5.41, 5.74) is 1.16. The van der Waals surface area contributed by atoms with E-state index in [0.29, 0.717) is 23.2 Å². The Kier molecular flexibility index (Phi) is 7.18. The lowest BCUT2D eigenvalue weighted by molar-refractivity contribution is -0.140. The summed E-state index contributed by atoms with van der Waals surface area (Å²) in [6.07, 6.45) is 0.140. The highest BCUT2D eigenvalue weighted by atomic mass is 35.5. The zero-order chi connectivity index (χ0) is 24.3. The fraction of sp³-hybridized carbons (Fsp3) is 0.250. The third-order valence-corrected chi connectivity index (χ3v) is 5.81. The molecule has 0 aliphatic rings. The van der Waals surface area contributed by atoms with Gasteiger partial charge in [0.2, 0.25) is 0 Å². The van der Waals surface area contributed by atoms with Crippen LogP contribution in [0.2, 0.25) is 5.02 Å². The number of hydrogen-bond acceptors (Lipinski definition) is 7. The van der Waals surface area contributed by atoms with Crippen molar-refractivity contribution in [3.8, 4) is 23.0 Å². The molecule has 1 aromatic heterocycles. The third kappa shape index (κ3) is 5.23. The number of phenolic OH excluding ortho intramolecular Hbond substituents is 3. The van der Waals surface area contributed by atoms with Crippen molar-refractivity contribution < 1.29 is 30.0 Å². The van der Waals surface area contributed by atoms with E-state index in [9.17, 15) is 30.0 Å². The molecule has 1 heterocycles. The lowest BCUT2D eigenvalue weighted by Crippen LogP contribution is -2.29. The van der Waals surface area contributed by atoms with Gasteiger partial charge in [0.05, 0.1) is 24.1 Å². The number of aromatic hydroxyl groups is 4. The number of carbonyl (C=O) groups is 1. The largest absolute Gasteiger partial charge is 0.507 e. The number of phenols is 3. The van der Waals surface area contributed by atoms with Crippen molar-refractivity contribution in [2.75, 3.05) is 7.11 Å². The van der Waals surface area contributed by atoms with Gasteiger partial charge in [-0.1, -0.05) is 23.7 Å². The number of carbonyl (C=O) groups excluding carboxylic acids is 1. The Morgan fingerprint density at radius 2 is 1.70 bits per heavy atom. The molecule has 2 aromatic carbocycles. The second-order valence-electron chi connectivity index (χ2n) is 7.66. The maximum Gasteiger partial charge on any atom is 0.306 e. The standard InChI is InChI=1S/C24H24ClNO7/c1-13-9-21(30)23(16(12-22(31)33-2)15-4-6-18(27)17(25)11-15)24(32)26(13)8-7-14-3-5-19(28)20(29)10-14/h3-6,9-11,16,27-30H,7-8,12H2,1-2H3/t16-/m1/s1. The molecule has 3 aromatic rings. The number of pyridine rings is 1. The minimum Gasteiger partial charge on any atom is -0.507 e. The lowest BCUT2D eigenvalue weighted by atomic mass is 9.88. The molecule has 8 nitrogen and oxygen atoms in total. The van der Waals surface area contributed by atoms with Crippen LogP contribution in [0.3, 0.4) is 0 Å². The van der Waals surface area contributed by atoms with Gasteiger partial charge in [-0.15, -0.1) is 0 Å². The second-order valence-corrected chi connectivity index (χ2v) is 8.07. The van der Waals surface area contributed by atoms with Gasteiger partial charge in [-0.25, -0.2) is 0 Å². The summed E-state index contributed by atoms with van der Waals surface area (Å²) in [4.78, 5) is 25.6. The number of benzene rings is 2. The first-order chi connectivity index (χ1) is 15.6. The van der Waals surface area contributed by atoms with Crippen LogP contribution >= 0.6 is 11.6 Å². The monoisotopic (exact) mass is 473 g/mol. The van der Waals surface area contributed by atoms with Crippen LogP contribution in [0.25, 0.3) is 0 Å². The molecule has 0 aliphatic carbocycles. The Hall–Kier alpha value is -3.65. The highest BCUT2D eigenvalue weighted by molar-refractivity contribution is 6.32. The average molecular weight is 474 g/mol. The number of ether oxygens (including phenoxy) is 1. The lowest BCUT2D eigenvalue weighted by Gasteiger charge is -2.21. The van der Waals surface area contributed by atoms with Gasteiger partial charge in [0.25, 0.3) is 5.56 Å². The summed E-state index contributed by atoms with van der Waals surface area (Å²) in [5.74, 6) is -2.38. The number of rotatable bonds is 7. The quantitative estimate of drug-likeness (QED) is 0.305. The molecule has 0 radical (unpaired) electrons. The Bertz CT molecular complexity index is 1250. The maximum absolute atomic E-state index is 13.5. The van der Waals surface area contributed by atoms with Crippen molar-refractivity contribution in [3.63, 3.8) is 0 Å². The summed E-state index contributed by atoms with van der Waals surface area (Å²) in [7, 11) is 1.23. The predicted octanol–water partition coefficient (Wildman–Crippen LogP) is 3.57. The number of halogens is 1. The van der Waals surface area contributed by atoms with Crippen LogP contribution in [-0.2, 0) is 22.5 Å². The van der Waals surface area contributed by atoms with E-state index in [1.54, 1.807) is 13.0 Å². The molecule has 0 fully saturated rings. The Morgan fingerprint density at radius 1 is 1.00 bits per heavy atom. The fourth-order valence-electron chi connectivity index (χ4n) is 3.72. The van der Waals surface area contributed by atoms with Crippen molar-refractivity contribution >= 4 is 17.6 Å². The first-order valence-electron chi connectivity index (χ1n) is 10.1. The topological polar surface area (TPSA) is 129 Å². The summed E-state index contributed by atoms with van der Waals surface area (Å²) in [5, 5.41) is 39.7. The van der Waals surface area contributed by atoms with E-state index in [0.717, 1.165) is 0 Å². The first kappa shape index (κ1) is 24.0. The van der Waals surface area contributed by atoms with Gasteiger partial charge in [0.1, 0.15) is 11.5 Å². The molecule has 0 bridgehead atoms. The Labute approximate surface area is 194 Å². The van der Waals surface area contributed by atoms with E-state index in [2.05, 4.69) is 0 Å². The minimum absolute atomic E-state index is 0.00121. The maximum atomic E-state index is 13.5. The van der Waals surface area contributed by atoms with Crippen molar-refractivity contribution in [1.82, 2.24) is 4.57 Å². The van der Waals surface area contributed by atoms with Gasteiger partial charge in [-0.3, -0.25) is 9.59 Å². The fourth-order valence-corrected chi connectivity index (χ4v) is 3.90. The van der Waals surface area contributed by atoms with Crippen LogP contribution in [0.15, 0.2) is 47.3 Å². The minimum atomic E-state index is -0.868. The number of hydrogen-bond donors (Lipinski definition) is 4. The summed E-state index contributed by atoms with van der Waals surface area (Å²) >= 11 is 6.04. The number of methoxy groups -OCH3 is 1. The van der Waals surface area contributed by atoms with Gasteiger partial charge >= 0.3 is 5.97 Å². The van der Waals surface area contributed by atoms with Gasteiger partial charge in [-0.05, 0) is 54.8 Å². The van der Waals surface area contributed by atoms with Crippen molar-refractivity contribution in [1.29, 1.82) is 0 Å². The summed E-state index contributed by atoms with van der Waals surface area (Å²) in [6.45, 7) is 1.90. The summed E-state index contributed by atoms with van der Waals surface area (Å²) in [6, 6.07) is 10.2. The molecule has 1 atom stereocenters. The van der Waals surface area contributed by atoms with E-state index in [1.807, 2.05) is 0 Å². The molecular formula is C24H24ClNO7. The number of nitrogens with zero attached hydrogens (tertiary/aromatic N) is 1. The SMILES string of the molecule is COC(=O)C[C@H](c1ccc(O)c(Cl)c1)c1c(O)cc(C)n(CCc2ccc(O)c(O)c2)c1=O. The molecule has 4 N–H and O–H groups in total. The summed E-state index contributed by atoms with van der Waals surface area (Å²) < 4.78 is 6.25. The molecule has 9 heteroatoms. The molecule has 0 aliphatic heterocycles. The molecule has 0 saturated heterocycles. The van der Waals surface area contributed by atoms with Gasteiger partial charge in [0.15, 0.2) is 11.5 Å². The zero-order valence-electron chi connectivity index (χ0n) is 18.1. The molecule has 3 rings (SSSR count). The van der Waals surface area contributed by atoms with Crippen molar-refractivity contribution in [3.05, 3.63) is 80.2 Å². The van der Waals surface area contributed by atoms with E-state index in [-0.39, 0.29) is 46.5 Å². The number of aromatic nitrogens is 1. The van der Waals surface area contributed by atoms with Gasteiger partial charge in [0, 0.05) is 18.2 Å². The third-order valence-electron chi connectivity index (χ3n) is 5.51. The molecule has 0 spiro atoms. The van der Waals surface area contributed by atoms with E-state index in [4.69, 9.17) is 16.3 Å². The predicted molar refractivity (Wildman–Crippen MR) is 122 cm³/mol. The molecule has 0 amide bonds. The van der Waals surface area contributed by atoms with Crippen LogP contribution in [-0.4, -0.2) is 38.1 Å². The Balaban J connectivity index is 2.06. The molecule has 174 valence electrons. The van der Waals surface area contributed by atoms with Crippen LogP contribution in [0.1, 0.15) is 34.7 Å². The highest BCUT2D eigenvalue weighted by Crippen LogP contribution is 2.36. The number of esters is 1. The van der Waals surface area contributed by atoms with Crippen LogP contribution in [0.4, 0.5) is 0 Å². The molecular weight excluding hydrogens is 450 g/mol. The van der Waals surface area contributed by atoms with Crippen LogP contribution in [0.5, 0.6) is 23.0 Å². The first-order valence-corrected chi connectivity index (χ1v) is 10.5. The second kappa shape index (κ2) is 9.87. The zero-order valence-corrected chi connectivity index (χ0v) is 18.8. The normalized spacial score (nSPS) is 11.8. The van der Waals surface area contributed by atoms with Crippen molar-refractivity contribution in [2.24, 2.45) is 0 Å². The van der Waals surface area contributed by atoms with Crippen molar-refractivity contribution in [2.45, 2.75) is 32.2 Å². The molecule has 0 unspecified atom stereocenters. The van der Waals surface area contributed by atoms with E-state index >= 15 is 0 Å². The van der Waals surface area contributed by atoms with Gasteiger partial charge < -0.3 is 29.7 Å². The molecule has 33 heavy (non-hydrogen) atoms. The molecule has 0 saturated carbocycles. The Morgan fingerprint density at radius 3 is 2.33 bits per heavy atom. The highest BCUT2D eigenvalue weighted by Gasteiger charge is 2.27. The van der Waals surface area contributed by atoms with E-state index in [1.165, 1.54) is 48.1 Å². The smallest absolute Gasteiger partial charge is 0.306 e. The van der Waals surface area contributed by atoms with E-state index < -0.39 is 17.4 Å². The number of aryl methyl sites for hydroxylation is 2. The average Bonchev–Trinajstić information content (AvgIpc) is 2.76. The van der Waals surface area contributed by atoms with Crippen LogP contribution < -0.4 is 5.56 Å². The van der Waals surface area contributed by atoms with Gasteiger partial charge in [-0.2, -0.15) is 0 Å². The van der Waals surface area contributed by atoms with Crippen LogP contribution in [0, 0.1) is 6.92 Å².